The summed E-state index contributed by atoms with van der Waals surface area (Å²) in [6, 6.07) is 18.3. The summed E-state index contributed by atoms with van der Waals surface area (Å²) in [7, 11) is 0. The molecule has 0 saturated carbocycles. The first-order chi connectivity index (χ1) is 24.8. The van der Waals surface area contributed by atoms with Gasteiger partial charge in [-0.3, -0.25) is 9.59 Å². The minimum atomic E-state index is -0.344. The molecule has 0 aliphatic carbocycles. The molecule has 10 heteroatoms. The fraction of sp³-hybridized carbons (Fsp3) is 0.488. The van der Waals surface area contributed by atoms with Crippen LogP contribution in [0.25, 0.3) is 0 Å². The molecule has 0 unspecified atom stereocenters. The van der Waals surface area contributed by atoms with E-state index in [4.69, 9.17) is 4.74 Å². The van der Waals surface area contributed by atoms with Crippen LogP contribution in [-0.4, -0.2) is 63.7 Å². The number of amides is 2. The highest BCUT2D eigenvalue weighted by molar-refractivity contribution is 5.95. The van der Waals surface area contributed by atoms with Gasteiger partial charge in [0.1, 0.15) is 0 Å². The molecule has 2 amide bonds. The van der Waals surface area contributed by atoms with Gasteiger partial charge in [-0.05, 0) is 128 Å². The van der Waals surface area contributed by atoms with Crippen molar-refractivity contribution in [3.8, 4) is 0 Å². The number of carbonyl (C=O) groups is 3. The van der Waals surface area contributed by atoms with Gasteiger partial charge >= 0.3 is 5.97 Å². The zero-order valence-electron chi connectivity index (χ0n) is 31.1. The van der Waals surface area contributed by atoms with Crippen LogP contribution in [0.1, 0.15) is 110 Å². The van der Waals surface area contributed by atoms with Crippen LogP contribution < -0.4 is 33.6 Å². The highest BCUT2D eigenvalue weighted by Crippen LogP contribution is 2.18. The van der Waals surface area contributed by atoms with Gasteiger partial charge in [-0.2, -0.15) is 0 Å². The number of hydrogen-bond donors (Lipinski definition) is 6. The molecule has 0 aliphatic heterocycles. The average molecular weight is 705 g/mol. The second-order valence-electron chi connectivity index (χ2n) is 13.4. The van der Waals surface area contributed by atoms with Gasteiger partial charge in [0.15, 0.2) is 0 Å². The third-order valence-electron chi connectivity index (χ3n) is 8.91. The van der Waals surface area contributed by atoms with Crippen molar-refractivity contribution in [2.45, 2.75) is 84.0 Å². The Labute approximate surface area is 304 Å². The van der Waals surface area contributed by atoms with E-state index in [2.05, 4.69) is 51.8 Å². The Bertz CT molecular complexity index is 1390. The van der Waals surface area contributed by atoms with Crippen LogP contribution in [0.4, 0.5) is 0 Å². The number of rotatable bonds is 24. The Kier molecular flexibility index (Phi) is 19.0. The lowest BCUT2D eigenvalue weighted by Crippen LogP contribution is -2.50. The average Bonchev–Trinajstić information content (AvgIpc) is 3.14. The molecule has 14 N–H and O–H groups in total. The highest BCUT2D eigenvalue weighted by Gasteiger charge is 2.13. The smallest absolute Gasteiger partial charge is 0.338 e. The van der Waals surface area contributed by atoms with E-state index in [-0.39, 0.29) is 17.8 Å². The number of nitrogens with one attached hydrogen (secondary N) is 2. The van der Waals surface area contributed by atoms with Crippen molar-refractivity contribution in [1.82, 2.24) is 10.6 Å². The summed E-state index contributed by atoms with van der Waals surface area (Å²) in [6.07, 6.45) is 10.5. The Morgan fingerprint density at radius 2 is 0.765 bits per heavy atom. The molecule has 0 saturated heterocycles. The fourth-order valence-electron chi connectivity index (χ4n) is 6.26. The second-order valence-corrected chi connectivity index (χ2v) is 13.4. The van der Waals surface area contributed by atoms with Gasteiger partial charge in [0.2, 0.25) is 0 Å². The zero-order valence-corrected chi connectivity index (χ0v) is 31.1. The first kappa shape index (κ1) is 41.3. The summed E-state index contributed by atoms with van der Waals surface area (Å²) in [5, 5.41) is 6.20. The number of carbonyl (C=O) groups excluding carboxylic acids is 3. The summed E-state index contributed by atoms with van der Waals surface area (Å²) in [5.74, 6) is -0.473. The molecule has 3 aromatic rings. The second kappa shape index (κ2) is 23.4. The van der Waals surface area contributed by atoms with Crippen molar-refractivity contribution in [2.24, 2.45) is 0 Å². The van der Waals surface area contributed by atoms with Crippen molar-refractivity contribution in [3.63, 3.8) is 0 Å². The fourth-order valence-corrected chi connectivity index (χ4v) is 6.26. The Morgan fingerprint density at radius 1 is 0.471 bits per heavy atom. The minimum Gasteiger partial charge on any atom is -0.462 e. The topological polar surface area (TPSA) is 195 Å². The van der Waals surface area contributed by atoms with E-state index >= 15 is 0 Å². The van der Waals surface area contributed by atoms with Crippen LogP contribution >= 0.6 is 0 Å². The molecule has 3 rings (SSSR count). The standard InChI is InChI=1S/C41H60N6O4/c1-2-51-41(50)38-28-34(13-7-19-46-39(48)36-24-30(9-3-15-42)21-31(25-36)10-4-16-43)23-35(29-38)14-8-20-47-40(49)37-26-32(11-5-17-44)22-33(27-37)12-6-18-45/h21-29H,2-20,42-45H2,1H3,(H,46,48)(H,47,49)/p+4. The van der Waals surface area contributed by atoms with Gasteiger partial charge in [-0.1, -0.05) is 18.2 Å². The normalized spacial score (nSPS) is 11.0. The number of aryl methyl sites for hydroxylation is 6. The lowest BCUT2D eigenvalue weighted by atomic mass is 9.98. The third-order valence-corrected chi connectivity index (χ3v) is 8.91. The largest absolute Gasteiger partial charge is 0.462 e. The maximum Gasteiger partial charge on any atom is 0.338 e. The van der Waals surface area contributed by atoms with Gasteiger partial charge in [0.25, 0.3) is 11.8 Å². The van der Waals surface area contributed by atoms with E-state index in [1.165, 1.54) is 22.3 Å². The quantitative estimate of drug-likeness (QED) is 0.0605. The van der Waals surface area contributed by atoms with Gasteiger partial charge in [0.05, 0.1) is 38.3 Å². The van der Waals surface area contributed by atoms with Crippen molar-refractivity contribution >= 4 is 17.8 Å². The van der Waals surface area contributed by atoms with Gasteiger partial charge < -0.3 is 38.3 Å². The lowest BCUT2D eigenvalue weighted by molar-refractivity contribution is -0.368. The third kappa shape index (κ3) is 15.0. The molecule has 0 fully saturated rings. The molecule has 0 heterocycles. The summed E-state index contributed by atoms with van der Waals surface area (Å²) in [6.45, 7) is 6.62. The number of quaternary nitrogens is 4. The van der Waals surface area contributed by atoms with Crippen molar-refractivity contribution in [3.05, 3.63) is 105 Å². The van der Waals surface area contributed by atoms with Crippen LogP contribution in [0, 0.1) is 0 Å². The number of ether oxygens (including phenoxy) is 1. The van der Waals surface area contributed by atoms with Crippen LogP contribution in [0.15, 0.2) is 54.6 Å². The van der Waals surface area contributed by atoms with Gasteiger partial charge in [0, 0.05) is 49.9 Å². The van der Waals surface area contributed by atoms with Crippen LogP contribution in [0.5, 0.6) is 0 Å². The first-order valence-electron chi connectivity index (χ1n) is 19.1. The summed E-state index contributed by atoms with van der Waals surface area (Å²) in [4.78, 5) is 39.0. The van der Waals surface area contributed by atoms with Crippen molar-refractivity contribution < 1.29 is 42.1 Å². The zero-order chi connectivity index (χ0) is 36.8. The number of benzene rings is 3. The van der Waals surface area contributed by atoms with Crippen molar-refractivity contribution in [1.29, 1.82) is 0 Å². The van der Waals surface area contributed by atoms with Crippen LogP contribution in [0.2, 0.25) is 0 Å². The summed E-state index contributed by atoms with van der Waals surface area (Å²) >= 11 is 0. The Balaban J connectivity index is 1.60. The molecule has 51 heavy (non-hydrogen) atoms. The lowest BCUT2D eigenvalue weighted by Gasteiger charge is -2.12. The van der Waals surface area contributed by atoms with E-state index in [1.54, 1.807) is 6.92 Å². The maximum atomic E-state index is 13.1. The molecular formula is C41H64N6O4+4. The monoisotopic (exact) mass is 704 g/mol. The van der Waals surface area contributed by atoms with Crippen LogP contribution in [0.3, 0.4) is 0 Å². The van der Waals surface area contributed by atoms with Gasteiger partial charge in [-0.25, -0.2) is 4.79 Å². The molecular weight excluding hydrogens is 640 g/mol. The number of hydrogen-bond acceptors (Lipinski definition) is 4. The van der Waals surface area contributed by atoms with Crippen LogP contribution in [-0.2, 0) is 43.3 Å². The van der Waals surface area contributed by atoms with Gasteiger partial charge in [-0.15, -0.1) is 0 Å². The van der Waals surface area contributed by atoms with E-state index < -0.39 is 0 Å². The first-order valence-corrected chi connectivity index (χ1v) is 19.1. The molecule has 0 atom stereocenters. The molecule has 10 nitrogen and oxygen atoms in total. The number of esters is 1. The molecule has 0 aromatic heterocycles. The van der Waals surface area contributed by atoms with E-state index in [1.807, 2.05) is 36.4 Å². The summed E-state index contributed by atoms with van der Waals surface area (Å²) in [5.41, 5.74) is 24.5. The van der Waals surface area contributed by atoms with E-state index in [9.17, 15) is 14.4 Å². The predicted molar refractivity (Wildman–Crippen MR) is 201 cm³/mol. The minimum absolute atomic E-state index is 0.0650. The SMILES string of the molecule is CCOC(=O)c1cc(CCCNC(=O)c2cc(CCC[NH3+])cc(CCC[NH3+])c2)cc(CCCNC(=O)c2cc(CCC[NH3+])cc(CCC[NH3+])c2)c1. The van der Waals surface area contributed by atoms with Crippen molar-refractivity contribution in [2.75, 3.05) is 45.9 Å². The molecule has 0 radical (unpaired) electrons. The Hall–Kier alpha value is -4.09. The molecule has 3 aromatic carbocycles. The highest BCUT2D eigenvalue weighted by atomic mass is 16.5. The molecule has 278 valence electrons. The molecule has 0 bridgehead atoms. The predicted octanol–water partition coefficient (Wildman–Crippen LogP) is 1.29. The summed E-state index contributed by atoms with van der Waals surface area (Å²) < 4.78 is 5.32. The van der Waals surface area contributed by atoms with E-state index in [0.29, 0.717) is 49.2 Å². The maximum absolute atomic E-state index is 13.1. The Morgan fingerprint density at radius 3 is 1.06 bits per heavy atom. The van der Waals surface area contributed by atoms with E-state index in [0.717, 1.165) is 102 Å². The molecule has 0 aliphatic rings. The molecule has 0 spiro atoms.